The zero-order valence-corrected chi connectivity index (χ0v) is 14.3. The summed E-state index contributed by atoms with van der Waals surface area (Å²) in [5, 5.41) is 0. The molecule has 1 saturated heterocycles. The average Bonchev–Trinajstić information content (AvgIpc) is 2.63. The first-order chi connectivity index (χ1) is 12.1. The number of halogens is 1. The number of nitrogens with zero attached hydrogens (tertiary/aromatic N) is 2. The third-order valence-electron chi connectivity index (χ3n) is 4.91. The summed E-state index contributed by atoms with van der Waals surface area (Å²) in [6.07, 6.45) is 5.63. The van der Waals surface area contributed by atoms with Gasteiger partial charge >= 0.3 is 0 Å². The molecule has 2 aromatic rings. The minimum atomic E-state index is -0.230. The van der Waals surface area contributed by atoms with Crippen molar-refractivity contribution in [2.24, 2.45) is 5.92 Å². The van der Waals surface area contributed by atoms with E-state index in [1.165, 1.54) is 11.6 Å². The van der Waals surface area contributed by atoms with E-state index in [0.717, 1.165) is 32.4 Å². The number of amides is 1. The molecule has 0 atom stereocenters. The summed E-state index contributed by atoms with van der Waals surface area (Å²) in [4.78, 5) is 18.4. The number of anilines is 1. The first kappa shape index (κ1) is 17.4. The summed E-state index contributed by atoms with van der Waals surface area (Å²) in [5.41, 5.74) is 7.42. The van der Waals surface area contributed by atoms with Gasteiger partial charge in [-0.25, -0.2) is 9.37 Å². The molecule has 3 rings (SSSR count). The second kappa shape index (κ2) is 8.10. The van der Waals surface area contributed by atoms with Crippen LogP contribution in [0, 0.1) is 11.7 Å². The Hall–Kier alpha value is -2.43. The molecule has 0 radical (unpaired) electrons. The number of hydrogen-bond donors (Lipinski definition) is 1. The minimum absolute atomic E-state index is 0.121. The summed E-state index contributed by atoms with van der Waals surface area (Å²) < 4.78 is 13.6. The molecule has 2 N–H and O–H groups in total. The van der Waals surface area contributed by atoms with E-state index in [1.807, 2.05) is 23.2 Å². The number of benzene rings is 1. The van der Waals surface area contributed by atoms with E-state index in [-0.39, 0.29) is 11.7 Å². The Morgan fingerprint density at radius 1 is 1.20 bits per heavy atom. The predicted octanol–water partition coefficient (Wildman–Crippen LogP) is 3.22. The molecule has 132 valence electrons. The van der Waals surface area contributed by atoms with Gasteiger partial charge in [0.05, 0.1) is 0 Å². The van der Waals surface area contributed by atoms with Crippen molar-refractivity contribution in [3.05, 3.63) is 59.5 Å². The fourth-order valence-corrected chi connectivity index (χ4v) is 3.38. The highest BCUT2D eigenvalue weighted by Crippen LogP contribution is 2.22. The van der Waals surface area contributed by atoms with Gasteiger partial charge in [-0.2, -0.15) is 0 Å². The van der Waals surface area contributed by atoms with Crippen molar-refractivity contribution in [3.63, 3.8) is 0 Å². The maximum absolute atomic E-state index is 13.6. The highest BCUT2D eigenvalue weighted by atomic mass is 19.1. The number of nitrogens with two attached hydrogens (primary N) is 1. The third-order valence-corrected chi connectivity index (χ3v) is 4.91. The van der Waals surface area contributed by atoms with Gasteiger partial charge in [-0.1, -0.05) is 24.3 Å². The number of likely N-dealkylation sites (tertiary alicyclic amines) is 1. The molecule has 1 aromatic heterocycles. The van der Waals surface area contributed by atoms with Gasteiger partial charge < -0.3 is 10.6 Å². The number of aromatic nitrogens is 1. The molecule has 0 bridgehead atoms. The lowest BCUT2D eigenvalue weighted by Crippen LogP contribution is -2.39. The third kappa shape index (κ3) is 4.78. The van der Waals surface area contributed by atoms with Gasteiger partial charge in [0.2, 0.25) is 5.91 Å². The van der Waals surface area contributed by atoms with Gasteiger partial charge in [-0.15, -0.1) is 0 Å². The van der Waals surface area contributed by atoms with Crippen LogP contribution in [0.5, 0.6) is 0 Å². The van der Waals surface area contributed by atoms with E-state index in [2.05, 4.69) is 4.98 Å². The van der Waals surface area contributed by atoms with Crippen molar-refractivity contribution in [2.45, 2.75) is 32.1 Å². The Morgan fingerprint density at radius 3 is 2.64 bits per heavy atom. The van der Waals surface area contributed by atoms with Crippen LogP contribution in [0.2, 0.25) is 0 Å². The minimum Gasteiger partial charge on any atom is -0.384 e. The number of piperidine rings is 1. The maximum Gasteiger partial charge on any atom is 0.222 e. The van der Waals surface area contributed by atoms with Crippen LogP contribution < -0.4 is 5.73 Å². The van der Waals surface area contributed by atoms with Crippen LogP contribution in [0.1, 0.15) is 30.4 Å². The second-order valence-corrected chi connectivity index (χ2v) is 6.71. The molecule has 1 aliphatic heterocycles. The van der Waals surface area contributed by atoms with Crippen LogP contribution in [0.15, 0.2) is 42.6 Å². The number of carbonyl (C=O) groups is 1. The Labute approximate surface area is 147 Å². The van der Waals surface area contributed by atoms with E-state index < -0.39 is 0 Å². The van der Waals surface area contributed by atoms with Crippen LogP contribution in [0.4, 0.5) is 10.2 Å². The van der Waals surface area contributed by atoms with Gasteiger partial charge in [0.1, 0.15) is 11.6 Å². The summed E-state index contributed by atoms with van der Waals surface area (Å²) >= 11 is 0. The molecule has 0 spiro atoms. The van der Waals surface area contributed by atoms with Crippen molar-refractivity contribution < 1.29 is 9.18 Å². The van der Waals surface area contributed by atoms with Gasteiger partial charge in [0.25, 0.3) is 0 Å². The van der Waals surface area contributed by atoms with Crippen molar-refractivity contribution in [1.82, 2.24) is 9.88 Å². The molecule has 1 aromatic carbocycles. The van der Waals surface area contributed by atoms with Crippen LogP contribution in [-0.4, -0.2) is 28.9 Å². The van der Waals surface area contributed by atoms with E-state index in [9.17, 15) is 9.18 Å². The van der Waals surface area contributed by atoms with Gasteiger partial charge in [-0.3, -0.25) is 4.79 Å². The summed E-state index contributed by atoms with van der Waals surface area (Å²) in [5.74, 6) is 1.00. The highest BCUT2D eigenvalue weighted by molar-refractivity contribution is 5.76. The molecule has 5 heteroatoms. The van der Waals surface area contributed by atoms with Gasteiger partial charge in [-0.05, 0) is 54.9 Å². The number of carbonyl (C=O) groups excluding carboxylic acids is 1. The van der Waals surface area contributed by atoms with E-state index >= 15 is 0 Å². The molecule has 25 heavy (non-hydrogen) atoms. The monoisotopic (exact) mass is 341 g/mol. The van der Waals surface area contributed by atoms with Crippen molar-refractivity contribution in [2.75, 3.05) is 18.8 Å². The largest absolute Gasteiger partial charge is 0.384 e. The Balaban J connectivity index is 1.44. The van der Waals surface area contributed by atoms with Crippen LogP contribution in [-0.2, 0) is 17.6 Å². The molecule has 4 nitrogen and oxygen atoms in total. The average molecular weight is 341 g/mol. The zero-order chi connectivity index (χ0) is 17.6. The fourth-order valence-electron chi connectivity index (χ4n) is 3.38. The predicted molar refractivity (Wildman–Crippen MR) is 96.4 cm³/mol. The lowest BCUT2D eigenvalue weighted by molar-refractivity contribution is -0.132. The number of pyridine rings is 1. The van der Waals surface area contributed by atoms with Crippen LogP contribution in [0.25, 0.3) is 0 Å². The summed E-state index contributed by atoms with van der Waals surface area (Å²) in [6, 6.07) is 10.5. The van der Waals surface area contributed by atoms with E-state index in [4.69, 9.17) is 5.73 Å². The van der Waals surface area contributed by atoms with Crippen LogP contribution >= 0.6 is 0 Å². The SMILES string of the molecule is Nc1ccc(CC2CCN(C(=O)CCc3ccccc3F)CC2)cn1. The number of rotatable bonds is 5. The Kier molecular flexibility index (Phi) is 5.64. The molecule has 0 saturated carbocycles. The Morgan fingerprint density at radius 2 is 1.96 bits per heavy atom. The second-order valence-electron chi connectivity index (χ2n) is 6.71. The smallest absolute Gasteiger partial charge is 0.222 e. The Bertz CT molecular complexity index is 709. The normalized spacial score (nSPS) is 15.3. The maximum atomic E-state index is 13.6. The molecule has 2 heterocycles. The molecular weight excluding hydrogens is 317 g/mol. The van der Waals surface area contributed by atoms with Gasteiger partial charge in [0.15, 0.2) is 0 Å². The molecule has 1 fully saturated rings. The number of nitrogen functional groups attached to an aromatic ring is 1. The van der Waals surface area contributed by atoms with Crippen molar-refractivity contribution >= 4 is 11.7 Å². The lowest BCUT2D eigenvalue weighted by atomic mass is 9.90. The highest BCUT2D eigenvalue weighted by Gasteiger charge is 2.23. The molecule has 0 unspecified atom stereocenters. The zero-order valence-electron chi connectivity index (χ0n) is 14.3. The molecule has 0 aliphatic carbocycles. The van der Waals surface area contributed by atoms with E-state index in [0.29, 0.717) is 30.1 Å². The molecule has 1 amide bonds. The van der Waals surface area contributed by atoms with Crippen molar-refractivity contribution in [1.29, 1.82) is 0 Å². The summed E-state index contributed by atoms with van der Waals surface area (Å²) in [7, 11) is 0. The summed E-state index contributed by atoms with van der Waals surface area (Å²) in [6.45, 7) is 1.56. The topological polar surface area (TPSA) is 59.2 Å². The number of aryl methyl sites for hydroxylation is 1. The lowest BCUT2D eigenvalue weighted by Gasteiger charge is -2.32. The fraction of sp³-hybridized carbons (Fsp3) is 0.400. The van der Waals surface area contributed by atoms with Gasteiger partial charge in [0, 0.05) is 25.7 Å². The number of hydrogen-bond acceptors (Lipinski definition) is 3. The first-order valence-corrected chi connectivity index (χ1v) is 8.83. The molecular formula is C20H24FN3O. The van der Waals surface area contributed by atoms with E-state index in [1.54, 1.807) is 18.2 Å². The van der Waals surface area contributed by atoms with Crippen molar-refractivity contribution in [3.8, 4) is 0 Å². The molecule has 1 aliphatic rings. The van der Waals surface area contributed by atoms with Crippen LogP contribution in [0.3, 0.4) is 0 Å². The standard InChI is InChI=1S/C20H24FN3O/c21-18-4-2-1-3-17(18)6-8-20(25)24-11-9-15(10-12-24)13-16-5-7-19(22)23-14-16/h1-5,7,14-15H,6,8-13H2,(H2,22,23). The quantitative estimate of drug-likeness (QED) is 0.908. The first-order valence-electron chi connectivity index (χ1n) is 8.83.